The van der Waals surface area contributed by atoms with Gasteiger partial charge >= 0.3 is 37.7 Å². The van der Waals surface area contributed by atoms with Crippen molar-refractivity contribution in [2.45, 2.75) is 110 Å². The molecule has 0 heterocycles. The molecule has 0 saturated heterocycles. The molecule has 3 heteroatoms. The van der Waals surface area contributed by atoms with Crippen LogP contribution in [-0.2, 0) is 4.84 Å². The molecular formula is C24H45CaNO. The van der Waals surface area contributed by atoms with Crippen LogP contribution < -0.4 is 5.48 Å². The van der Waals surface area contributed by atoms with Crippen molar-refractivity contribution in [3.05, 3.63) is 30.3 Å². The first-order valence-corrected chi connectivity index (χ1v) is 11.4. The molecule has 154 valence electrons. The van der Waals surface area contributed by atoms with E-state index in [-0.39, 0.29) is 37.7 Å². The summed E-state index contributed by atoms with van der Waals surface area (Å²) in [5.41, 5.74) is 4.03. The summed E-state index contributed by atoms with van der Waals surface area (Å²) in [6.07, 6.45) is 22.5. The van der Waals surface area contributed by atoms with Crippen LogP contribution in [0.1, 0.15) is 110 Å². The third-order valence-electron chi connectivity index (χ3n) is 5.06. The van der Waals surface area contributed by atoms with Gasteiger partial charge in [-0.25, -0.2) is 0 Å². The number of benzene rings is 1. The fourth-order valence-electron chi connectivity index (χ4n) is 3.36. The molecule has 0 aromatic heterocycles. The van der Waals surface area contributed by atoms with E-state index in [4.69, 9.17) is 4.84 Å². The minimum absolute atomic E-state index is 0. The normalized spacial score (nSPS) is 10.6. The molecule has 0 atom stereocenters. The molecule has 2 nitrogen and oxygen atoms in total. The quantitative estimate of drug-likeness (QED) is 0.148. The summed E-state index contributed by atoms with van der Waals surface area (Å²) < 4.78 is 0. The number of para-hydroxylation sites is 1. The zero-order valence-electron chi connectivity index (χ0n) is 17.3. The number of anilines is 1. The Hall–Kier alpha value is 0.240. The molecule has 0 spiro atoms. The number of rotatable bonds is 19. The van der Waals surface area contributed by atoms with Gasteiger partial charge in [0.05, 0.1) is 12.3 Å². The first-order chi connectivity index (χ1) is 12.9. The van der Waals surface area contributed by atoms with E-state index < -0.39 is 0 Å². The van der Waals surface area contributed by atoms with Crippen LogP contribution in [0.3, 0.4) is 0 Å². The van der Waals surface area contributed by atoms with Gasteiger partial charge in [-0.15, -0.1) is 0 Å². The van der Waals surface area contributed by atoms with Gasteiger partial charge in [-0.3, -0.25) is 10.3 Å². The summed E-state index contributed by atoms with van der Waals surface area (Å²) in [4.78, 5) is 5.49. The maximum atomic E-state index is 5.49. The van der Waals surface area contributed by atoms with E-state index >= 15 is 0 Å². The Morgan fingerprint density at radius 1 is 0.593 bits per heavy atom. The second-order valence-electron chi connectivity index (χ2n) is 7.62. The van der Waals surface area contributed by atoms with Gasteiger partial charge in [-0.1, -0.05) is 121 Å². The number of unbranched alkanes of at least 4 members (excludes halogenated alkanes) is 15. The van der Waals surface area contributed by atoms with E-state index in [0.29, 0.717) is 0 Å². The molecule has 1 aromatic carbocycles. The summed E-state index contributed by atoms with van der Waals surface area (Å²) in [6, 6.07) is 10.1. The molecule has 1 N–H and O–H groups in total. The van der Waals surface area contributed by atoms with E-state index in [1.54, 1.807) is 0 Å². The third-order valence-corrected chi connectivity index (χ3v) is 5.06. The van der Waals surface area contributed by atoms with Crippen molar-refractivity contribution in [1.82, 2.24) is 0 Å². The van der Waals surface area contributed by atoms with Crippen molar-refractivity contribution >= 4 is 43.4 Å². The van der Waals surface area contributed by atoms with Crippen LogP contribution in [0.4, 0.5) is 5.69 Å². The summed E-state index contributed by atoms with van der Waals surface area (Å²) in [5.74, 6) is 0. The molecule has 0 aliphatic rings. The van der Waals surface area contributed by atoms with Gasteiger partial charge in [0, 0.05) is 0 Å². The Kier molecular flexibility index (Phi) is 22.7. The van der Waals surface area contributed by atoms with Gasteiger partial charge < -0.3 is 0 Å². The zero-order chi connectivity index (χ0) is 18.5. The summed E-state index contributed by atoms with van der Waals surface area (Å²) in [5, 5.41) is 0. The summed E-state index contributed by atoms with van der Waals surface area (Å²) >= 11 is 0. The van der Waals surface area contributed by atoms with Gasteiger partial charge in [0.25, 0.3) is 0 Å². The number of hydrogen-bond acceptors (Lipinski definition) is 2. The molecule has 1 rings (SSSR count). The van der Waals surface area contributed by atoms with Crippen LogP contribution in [0.2, 0.25) is 0 Å². The van der Waals surface area contributed by atoms with E-state index in [9.17, 15) is 0 Å². The van der Waals surface area contributed by atoms with Crippen molar-refractivity contribution in [1.29, 1.82) is 0 Å². The van der Waals surface area contributed by atoms with Gasteiger partial charge in [0.15, 0.2) is 0 Å². The Morgan fingerprint density at radius 3 is 1.44 bits per heavy atom. The van der Waals surface area contributed by atoms with Gasteiger partial charge in [0.1, 0.15) is 0 Å². The molecule has 0 bridgehead atoms. The predicted molar refractivity (Wildman–Crippen MR) is 124 cm³/mol. The first kappa shape index (κ1) is 27.2. The SMILES string of the molecule is CCCCCCCCCCCCCCCCCCONc1ccccc1.[CaH2]. The molecule has 0 unspecified atom stereocenters. The second-order valence-corrected chi connectivity index (χ2v) is 7.62. The fraction of sp³-hybridized carbons (Fsp3) is 0.750. The molecule has 1 aromatic rings. The van der Waals surface area contributed by atoms with Crippen LogP contribution in [0, 0.1) is 0 Å². The van der Waals surface area contributed by atoms with E-state index in [0.717, 1.165) is 18.7 Å². The van der Waals surface area contributed by atoms with Crippen LogP contribution in [-0.4, -0.2) is 44.3 Å². The van der Waals surface area contributed by atoms with Crippen molar-refractivity contribution in [2.75, 3.05) is 12.1 Å². The minimum atomic E-state index is 0. The second kappa shape index (κ2) is 22.5. The van der Waals surface area contributed by atoms with Crippen molar-refractivity contribution in [3.63, 3.8) is 0 Å². The van der Waals surface area contributed by atoms with Crippen LogP contribution in [0.5, 0.6) is 0 Å². The Bertz CT molecular complexity index is 385. The molecule has 0 saturated carbocycles. The van der Waals surface area contributed by atoms with Gasteiger partial charge in [0.2, 0.25) is 0 Å². The van der Waals surface area contributed by atoms with E-state index in [2.05, 4.69) is 12.4 Å². The number of nitrogens with one attached hydrogen (secondary N) is 1. The Labute approximate surface area is 199 Å². The number of hydrogen-bond donors (Lipinski definition) is 1. The Morgan fingerprint density at radius 2 is 1.00 bits per heavy atom. The monoisotopic (exact) mass is 403 g/mol. The van der Waals surface area contributed by atoms with E-state index in [1.807, 2.05) is 30.3 Å². The van der Waals surface area contributed by atoms with Crippen LogP contribution in [0.15, 0.2) is 30.3 Å². The van der Waals surface area contributed by atoms with E-state index in [1.165, 1.54) is 96.3 Å². The molecule has 27 heavy (non-hydrogen) atoms. The van der Waals surface area contributed by atoms with Crippen molar-refractivity contribution < 1.29 is 4.84 Å². The third kappa shape index (κ3) is 19.3. The fourth-order valence-corrected chi connectivity index (χ4v) is 3.36. The topological polar surface area (TPSA) is 21.3 Å². The van der Waals surface area contributed by atoms with Crippen LogP contribution in [0.25, 0.3) is 0 Å². The van der Waals surface area contributed by atoms with Crippen LogP contribution >= 0.6 is 0 Å². The predicted octanol–water partition coefficient (Wildman–Crippen LogP) is 7.38. The standard InChI is InChI=1S/C24H43NO.Ca.2H/c1-2-3-4-5-6-7-8-9-10-11-12-13-14-15-16-20-23-26-25-24-21-18-17-19-22-24;;;/h17-19,21-22,25H,2-16,20,23H2,1H3;;;. The maximum absolute atomic E-state index is 5.49. The molecule has 0 aliphatic heterocycles. The molecule has 0 fully saturated rings. The summed E-state index contributed by atoms with van der Waals surface area (Å²) in [7, 11) is 0. The molecule has 0 aliphatic carbocycles. The van der Waals surface area contributed by atoms with Gasteiger partial charge in [-0.2, -0.15) is 0 Å². The average Bonchev–Trinajstić information content (AvgIpc) is 2.68. The van der Waals surface area contributed by atoms with Crippen molar-refractivity contribution in [2.24, 2.45) is 0 Å². The molecule has 0 radical (unpaired) electrons. The molecule has 0 amide bonds. The Balaban J connectivity index is 0.00000676. The zero-order valence-corrected chi connectivity index (χ0v) is 17.3. The van der Waals surface area contributed by atoms with Crippen molar-refractivity contribution in [3.8, 4) is 0 Å². The first-order valence-electron chi connectivity index (χ1n) is 11.4. The average molecular weight is 404 g/mol. The molecular weight excluding hydrogens is 358 g/mol. The summed E-state index contributed by atoms with van der Waals surface area (Å²) in [6.45, 7) is 3.09. The van der Waals surface area contributed by atoms with Gasteiger partial charge in [-0.05, 0) is 18.6 Å².